The molecule has 5 nitrogen and oxygen atoms in total. The first-order chi connectivity index (χ1) is 11.6. The zero-order valence-electron chi connectivity index (χ0n) is 14.5. The third-order valence-electron chi connectivity index (χ3n) is 4.87. The van der Waals surface area contributed by atoms with E-state index in [4.69, 9.17) is 0 Å². The lowest BCUT2D eigenvalue weighted by Crippen LogP contribution is -2.48. The molecular weight excluding hydrogens is 358 g/mol. The number of hydrogen-bond acceptors (Lipinski definition) is 4. The highest BCUT2D eigenvalue weighted by Crippen LogP contribution is 2.19. The van der Waals surface area contributed by atoms with Gasteiger partial charge in [0.15, 0.2) is 0 Å². The van der Waals surface area contributed by atoms with E-state index in [1.165, 1.54) is 0 Å². The van der Waals surface area contributed by atoms with Crippen molar-refractivity contribution in [1.82, 2.24) is 10.2 Å². The van der Waals surface area contributed by atoms with Crippen LogP contribution in [0.25, 0.3) is 0 Å². The molecule has 1 unspecified atom stereocenters. The van der Waals surface area contributed by atoms with Gasteiger partial charge >= 0.3 is 0 Å². The summed E-state index contributed by atoms with van der Waals surface area (Å²) in [5.74, 6) is 2.78. The number of hydrogen-bond donors (Lipinski definition) is 2. The molecule has 2 aliphatic heterocycles. The molecule has 25 heavy (non-hydrogen) atoms. The van der Waals surface area contributed by atoms with E-state index in [1.54, 1.807) is 0 Å². The summed E-state index contributed by atoms with van der Waals surface area (Å²) in [5.41, 5.74) is 1.79. The number of halogens is 1. The fourth-order valence-electron chi connectivity index (χ4n) is 2.94. The molecule has 0 saturated carbocycles. The zero-order valence-corrected chi connectivity index (χ0v) is 16.1. The molecule has 7 heteroatoms. The first kappa shape index (κ1) is 20.1. The molecule has 0 aromatic heterocycles. The van der Waals surface area contributed by atoms with Gasteiger partial charge in [-0.2, -0.15) is 11.8 Å². The highest BCUT2D eigenvalue weighted by atomic mass is 35.5. The van der Waals surface area contributed by atoms with Crippen molar-refractivity contribution in [3.8, 4) is 0 Å². The van der Waals surface area contributed by atoms with Crippen LogP contribution < -0.4 is 10.6 Å². The molecule has 2 heterocycles. The first-order valence-corrected chi connectivity index (χ1v) is 9.75. The Kier molecular flexibility index (Phi) is 7.59. The summed E-state index contributed by atoms with van der Waals surface area (Å²) in [7, 11) is 0. The summed E-state index contributed by atoms with van der Waals surface area (Å²) >= 11 is 1.90. The van der Waals surface area contributed by atoms with Gasteiger partial charge in [-0.15, -0.1) is 12.4 Å². The van der Waals surface area contributed by atoms with Gasteiger partial charge in [-0.05, 0) is 36.7 Å². The van der Waals surface area contributed by atoms with Crippen molar-refractivity contribution in [2.24, 2.45) is 11.8 Å². The number of anilines is 1. The first-order valence-electron chi connectivity index (χ1n) is 8.59. The van der Waals surface area contributed by atoms with Crippen molar-refractivity contribution in [2.75, 3.05) is 43.0 Å². The quantitative estimate of drug-likeness (QED) is 0.816. The Bertz CT molecular complexity index is 551. The Labute approximate surface area is 159 Å². The third-order valence-corrected chi connectivity index (χ3v) is 5.82. The van der Waals surface area contributed by atoms with E-state index in [-0.39, 0.29) is 30.1 Å². The Morgan fingerprint density at radius 1 is 1.24 bits per heavy atom. The number of benzene rings is 1. The lowest BCUT2D eigenvalue weighted by atomic mass is 9.88. The van der Waals surface area contributed by atoms with Gasteiger partial charge in [-0.25, -0.2) is 0 Å². The maximum absolute atomic E-state index is 12.3. The summed E-state index contributed by atoms with van der Waals surface area (Å²) in [6.07, 6.45) is 0.434. The molecule has 2 fully saturated rings. The average Bonchev–Trinajstić information content (AvgIpc) is 2.55. The number of amides is 2. The number of carbonyl (C=O) groups excluding carboxylic acids is 2. The Morgan fingerprint density at radius 2 is 1.88 bits per heavy atom. The molecule has 2 aliphatic rings. The minimum Gasteiger partial charge on any atom is -0.341 e. The Balaban J connectivity index is 0.00000225. The van der Waals surface area contributed by atoms with Crippen molar-refractivity contribution < 1.29 is 9.59 Å². The molecule has 0 spiro atoms. The number of nitrogens with one attached hydrogen (secondary N) is 2. The average molecular weight is 384 g/mol. The Hall–Kier alpha value is -1.24. The van der Waals surface area contributed by atoms with E-state index < -0.39 is 0 Å². The lowest BCUT2D eigenvalue weighted by molar-refractivity contribution is -0.130. The van der Waals surface area contributed by atoms with Gasteiger partial charge in [0.1, 0.15) is 0 Å². The fraction of sp³-hybridized carbons (Fsp3) is 0.556. The van der Waals surface area contributed by atoms with Crippen LogP contribution in [0.15, 0.2) is 24.3 Å². The van der Waals surface area contributed by atoms with E-state index in [0.29, 0.717) is 12.3 Å². The Morgan fingerprint density at radius 3 is 2.44 bits per heavy atom. The topological polar surface area (TPSA) is 61.4 Å². The molecule has 0 radical (unpaired) electrons. The van der Waals surface area contributed by atoms with Crippen LogP contribution in [0.1, 0.15) is 12.5 Å². The molecule has 138 valence electrons. The number of rotatable bonds is 5. The highest BCUT2D eigenvalue weighted by Gasteiger charge is 2.28. The molecule has 1 aromatic rings. The van der Waals surface area contributed by atoms with Crippen LogP contribution in [0.5, 0.6) is 0 Å². The number of nitrogens with zero attached hydrogens (tertiary/aromatic N) is 1. The van der Waals surface area contributed by atoms with Gasteiger partial charge in [0.05, 0.1) is 6.42 Å². The largest absolute Gasteiger partial charge is 0.341 e. The lowest BCUT2D eigenvalue weighted by Gasteiger charge is -2.31. The van der Waals surface area contributed by atoms with E-state index in [2.05, 4.69) is 10.6 Å². The van der Waals surface area contributed by atoms with Gasteiger partial charge in [0.25, 0.3) is 0 Å². The molecule has 1 atom stereocenters. The van der Waals surface area contributed by atoms with Crippen molar-refractivity contribution in [2.45, 2.75) is 13.3 Å². The maximum atomic E-state index is 12.3. The van der Waals surface area contributed by atoms with Crippen molar-refractivity contribution in [1.29, 1.82) is 0 Å². The molecule has 3 rings (SSSR count). The summed E-state index contributed by atoms with van der Waals surface area (Å²) in [6.45, 7) is 5.52. The standard InChI is InChI=1S/C18H25N3O2S.ClH/c1-13(15-11-19-12-15)18(23)20-16-4-2-14(3-5-16)10-17(22)21-6-8-24-9-7-21;/h2-5,13,15,19H,6-12H2,1H3,(H,20,23);1H. The minimum atomic E-state index is 0. The summed E-state index contributed by atoms with van der Waals surface area (Å²) in [5, 5.41) is 6.17. The minimum absolute atomic E-state index is 0. The zero-order chi connectivity index (χ0) is 16.9. The third kappa shape index (κ3) is 5.36. The SMILES string of the molecule is CC(C(=O)Nc1ccc(CC(=O)N2CCSCC2)cc1)C1CNC1.Cl. The summed E-state index contributed by atoms with van der Waals surface area (Å²) < 4.78 is 0. The van der Waals surface area contributed by atoms with Gasteiger partial charge in [0.2, 0.25) is 11.8 Å². The van der Waals surface area contributed by atoms with E-state index in [1.807, 2.05) is 47.9 Å². The normalized spacial score (nSPS) is 18.7. The second kappa shape index (κ2) is 9.46. The summed E-state index contributed by atoms with van der Waals surface area (Å²) in [4.78, 5) is 26.4. The smallest absolute Gasteiger partial charge is 0.227 e. The van der Waals surface area contributed by atoms with Gasteiger partial charge in [0, 0.05) is 36.2 Å². The fourth-order valence-corrected chi connectivity index (χ4v) is 3.84. The second-order valence-corrected chi connectivity index (χ2v) is 7.79. The van der Waals surface area contributed by atoms with E-state index >= 15 is 0 Å². The second-order valence-electron chi connectivity index (χ2n) is 6.56. The van der Waals surface area contributed by atoms with Crippen LogP contribution in [0.2, 0.25) is 0 Å². The van der Waals surface area contributed by atoms with Crippen LogP contribution in [0.3, 0.4) is 0 Å². The van der Waals surface area contributed by atoms with Crippen LogP contribution in [-0.2, 0) is 16.0 Å². The van der Waals surface area contributed by atoms with Crippen LogP contribution >= 0.6 is 24.2 Å². The van der Waals surface area contributed by atoms with Crippen LogP contribution in [0, 0.1) is 11.8 Å². The molecule has 1 aromatic carbocycles. The van der Waals surface area contributed by atoms with Gasteiger partial charge < -0.3 is 15.5 Å². The van der Waals surface area contributed by atoms with Gasteiger partial charge in [-0.1, -0.05) is 19.1 Å². The molecule has 2 amide bonds. The molecule has 0 aliphatic carbocycles. The number of carbonyl (C=O) groups is 2. The monoisotopic (exact) mass is 383 g/mol. The molecule has 2 N–H and O–H groups in total. The summed E-state index contributed by atoms with van der Waals surface area (Å²) in [6, 6.07) is 7.64. The number of thioether (sulfide) groups is 1. The van der Waals surface area contributed by atoms with Crippen molar-refractivity contribution in [3.63, 3.8) is 0 Å². The molecule has 2 saturated heterocycles. The van der Waals surface area contributed by atoms with E-state index in [9.17, 15) is 9.59 Å². The van der Waals surface area contributed by atoms with Crippen molar-refractivity contribution >= 4 is 41.7 Å². The van der Waals surface area contributed by atoms with Crippen LogP contribution in [0.4, 0.5) is 5.69 Å². The van der Waals surface area contributed by atoms with Gasteiger partial charge in [-0.3, -0.25) is 9.59 Å². The van der Waals surface area contributed by atoms with E-state index in [0.717, 1.165) is 48.9 Å². The predicted molar refractivity (Wildman–Crippen MR) is 105 cm³/mol. The molecule has 0 bridgehead atoms. The predicted octanol–water partition coefficient (Wildman–Crippen LogP) is 2.02. The molecular formula is C18H26ClN3O2S. The van der Waals surface area contributed by atoms with Crippen LogP contribution in [-0.4, -0.2) is 54.4 Å². The maximum Gasteiger partial charge on any atom is 0.227 e. The highest BCUT2D eigenvalue weighted by molar-refractivity contribution is 7.99. The van der Waals surface area contributed by atoms with Crippen molar-refractivity contribution in [3.05, 3.63) is 29.8 Å².